The number of rotatable bonds is 4. The number of carbonyl (C=O) groups is 1. The first-order chi connectivity index (χ1) is 8.15. The van der Waals surface area contributed by atoms with Gasteiger partial charge in [-0.2, -0.15) is 0 Å². The van der Waals surface area contributed by atoms with Crippen LogP contribution in [0.5, 0.6) is 5.75 Å². The SMILES string of the molecule is Cc1cccc(OCc2ccc(C(N)=O)o2)c1. The molecule has 0 unspecified atom stereocenters. The molecule has 2 N–H and O–H groups in total. The Bertz CT molecular complexity index is 531. The van der Waals surface area contributed by atoms with Gasteiger partial charge in [0.25, 0.3) is 5.91 Å². The van der Waals surface area contributed by atoms with Crippen molar-refractivity contribution in [3.05, 3.63) is 53.5 Å². The summed E-state index contributed by atoms with van der Waals surface area (Å²) >= 11 is 0. The minimum atomic E-state index is -0.577. The minimum absolute atomic E-state index is 0.146. The molecule has 0 radical (unpaired) electrons. The van der Waals surface area contributed by atoms with Gasteiger partial charge in [0, 0.05) is 0 Å². The Labute approximate surface area is 99.0 Å². The highest BCUT2D eigenvalue weighted by Gasteiger charge is 2.07. The molecule has 1 aromatic heterocycles. The molecule has 88 valence electrons. The first-order valence-corrected chi connectivity index (χ1v) is 5.23. The quantitative estimate of drug-likeness (QED) is 0.877. The number of ether oxygens (including phenoxy) is 1. The predicted molar refractivity (Wildman–Crippen MR) is 62.7 cm³/mol. The number of nitrogens with two attached hydrogens (primary N) is 1. The maximum Gasteiger partial charge on any atom is 0.284 e. The fourth-order valence-electron chi connectivity index (χ4n) is 1.45. The summed E-state index contributed by atoms with van der Waals surface area (Å²) in [5, 5.41) is 0. The summed E-state index contributed by atoms with van der Waals surface area (Å²) in [4.78, 5) is 10.8. The van der Waals surface area contributed by atoms with Gasteiger partial charge in [-0.1, -0.05) is 12.1 Å². The van der Waals surface area contributed by atoms with E-state index < -0.39 is 5.91 Å². The number of amides is 1. The maximum atomic E-state index is 10.8. The lowest BCUT2D eigenvalue weighted by Crippen LogP contribution is -2.09. The molecule has 0 fully saturated rings. The molecule has 0 saturated carbocycles. The summed E-state index contributed by atoms with van der Waals surface area (Å²) in [6, 6.07) is 10.9. The van der Waals surface area contributed by atoms with Crippen molar-refractivity contribution in [2.24, 2.45) is 5.73 Å². The van der Waals surface area contributed by atoms with Crippen LogP contribution in [0.3, 0.4) is 0 Å². The summed E-state index contributed by atoms with van der Waals surface area (Å²) in [6.07, 6.45) is 0. The molecule has 1 amide bonds. The summed E-state index contributed by atoms with van der Waals surface area (Å²) in [5.74, 6) is 0.905. The average Bonchev–Trinajstić information content (AvgIpc) is 2.75. The van der Waals surface area contributed by atoms with Gasteiger partial charge in [0.15, 0.2) is 5.76 Å². The summed E-state index contributed by atoms with van der Waals surface area (Å²) in [5.41, 5.74) is 6.21. The first-order valence-electron chi connectivity index (χ1n) is 5.23. The van der Waals surface area contributed by atoms with Crippen LogP contribution < -0.4 is 10.5 Å². The largest absolute Gasteiger partial charge is 0.486 e. The van der Waals surface area contributed by atoms with Crippen molar-refractivity contribution < 1.29 is 13.9 Å². The van der Waals surface area contributed by atoms with Gasteiger partial charge in [0.1, 0.15) is 18.1 Å². The Balaban J connectivity index is 2.00. The third-order valence-corrected chi connectivity index (χ3v) is 2.28. The van der Waals surface area contributed by atoms with Gasteiger partial charge >= 0.3 is 0 Å². The van der Waals surface area contributed by atoms with Crippen LogP contribution in [-0.2, 0) is 6.61 Å². The first kappa shape index (κ1) is 11.3. The van der Waals surface area contributed by atoms with Gasteiger partial charge in [0.05, 0.1) is 0 Å². The molecule has 1 heterocycles. The average molecular weight is 231 g/mol. The van der Waals surface area contributed by atoms with Crippen LogP contribution in [0.1, 0.15) is 21.9 Å². The Morgan fingerprint density at radius 3 is 2.82 bits per heavy atom. The van der Waals surface area contributed by atoms with E-state index in [0.29, 0.717) is 5.76 Å². The van der Waals surface area contributed by atoms with Crippen molar-refractivity contribution in [3.63, 3.8) is 0 Å². The molecule has 2 rings (SSSR count). The number of hydrogen-bond acceptors (Lipinski definition) is 3. The van der Waals surface area contributed by atoms with Gasteiger partial charge in [0.2, 0.25) is 0 Å². The summed E-state index contributed by atoms with van der Waals surface area (Å²) < 4.78 is 10.7. The molecule has 0 aliphatic carbocycles. The van der Waals surface area contributed by atoms with Crippen LogP contribution in [0, 0.1) is 6.92 Å². The van der Waals surface area contributed by atoms with Crippen LogP contribution in [0.15, 0.2) is 40.8 Å². The van der Waals surface area contributed by atoms with Crippen LogP contribution in [-0.4, -0.2) is 5.91 Å². The number of hydrogen-bond donors (Lipinski definition) is 1. The Kier molecular flexibility index (Phi) is 3.14. The lowest BCUT2D eigenvalue weighted by Gasteiger charge is -2.04. The van der Waals surface area contributed by atoms with E-state index in [4.69, 9.17) is 14.9 Å². The molecule has 2 aromatic rings. The molecule has 0 spiro atoms. The zero-order valence-electron chi connectivity index (χ0n) is 9.47. The molecule has 0 atom stereocenters. The second kappa shape index (κ2) is 4.74. The van der Waals surface area contributed by atoms with Crippen molar-refractivity contribution >= 4 is 5.91 Å². The van der Waals surface area contributed by atoms with Gasteiger partial charge < -0.3 is 14.9 Å². The molecule has 1 aromatic carbocycles. The molecule has 0 aliphatic heterocycles. The van der Waals surface area contributed by atoms with Crippen molar-refractivity contribution in [2.75, 3.05) is 0 Å². The monoisotopic (exact) mass is 231 g/mol. The van der Waals surface area contributed by atoms with Gasteiger partial charge in [-0.25, -0.2) is 0 Å². The highest BCUT2D eigenvalue weighted by molar-refractivity contribution is 5.89. The number of benzene rings is 1. The van der Waals surface area contributed by atoms with E-state index in [-0.39, 0.29) is 12.4 Å². The zero-order valence-corrected chi connectivity index (χ0v) is 9.47. The molecule has 4 nitrogen and oxygen atoms in total. The number of carbonyl (C=O) groups excluding carboxylic acids is 1. The smallest absolute Gasteiger partial charge is 0.284 e. The third-order valence-electron chi connectivity index (χ3n) is 2.28. The minimum Gasteiger partial charge on any atom is -0.486 e. The summed E-state index contributed by atoms with van der Waals surface area (Å²) in [6.45, 7) is 2.27. The number of aryl methyl sites for hydroxylation is 1. The van der Waals surface area contributed by atoms with Crippen molar-refractivity contribution in [1.82, 2.24) is 0 Å². The van der Waals surface area contributed by atoms with Gasteiger partial charge in [-0.05, 0) is 36.8 Å². The fraction of sp³-hybridized carbons (Fsp3) is 0.154. The Hall–Kier alpha value is -2.23. The van der Waals surface area contributed by atoms with E-state index in [0.717, 1.165) is 11.3 Å². The molecule has 0 bridgehead atoms. The molecular weight excluding hydrogens is 218 g/mol. The fourth-order valence-corrected chi connectivity index (χ4v) is 1.45. The highest BCUT2D eigenvalue weighted by Crippen LogP contribution is 2.15. The third kappa shape index (κ3) is 2.87. The van der Waals surface area contributed by atoms with Crippen molar-refractivity contribution in [3.8, 4) is 5.75 Å². The molecule has 0 aliphatic rings. The standard InChI is InChI=1S/C13H13NO3/c1-9-3-2-4-10(7-9)16-8-11-5-6-12(17-11)13(14)15/h2-7H,8H2,1H3,(H2,14,15). The van der Waals surface area contributed by atoms with E-state index in [1.54, 1.807) is 6.07 Å². The summed E-state index contributed by atoms with van der Waals surface area (Å²) in [7, 11) is 0. The maximum absolute atomic E-state index is 10.8. The second-order valence-corrected chi connectivity index (χ2v) is 3.74. The highest BCUT2D eigenvalue weighted by atomic mass is 16.5. The van der Waals surface area contributed by atoms with E-state index >= 15 is 0 Å². The van der Waals surface area contributed by atoms with Crippen LogP contribution in [0.2, 0.25) is 0 Å². The van der Waals surface area contributed by atoms with E-state index in [2.05, 4.69) is 0 Å². The zero-order chi connectivity index (χ0) is 12.3. The molecule has 4 heteroatoms. The normalized spacial score (nSPS) is 10.2. The van der Waals surface area contributed by atoms with Crippen LogP contribution in [0.4, 0.5) is 0 Å². The van der Waals surface area contributed by atoms with Crippen LogP contribution >= 0.6 is 0 Å². The van der Waals surface area contributed by atoms with Crippen molar-refractivity contribution in [2.45, 2.75) is 13.5 Å². The topological polar surface area (TPSA) is 65.5 Å². The van der Waals surface area contributed by atoms with Crippen LogP contribution in [0.25, 0.3) is 0 Å². The predicted octanol–water partition coefficient (Wildman–Crippen LogP) is 2.27. The Morgan fingerprint density at radius 2 is 2.18 bits per heavy atom. The molecule has 17 heavy (non-hydrogen) atoms. The lowest BCUT2D eigenvalue weighted by molar-refractivity contribution is 0.0970. The van der Waals surface area contributed by atoms with E-state index in [9.17, 15) is 4.79 Å². The van der Waals surface area contributed by atoms with E-state index in [1.807, 2.05) is 31.2 Å². The van der Waals surface area contributed by atoms with Gasteiger partial charge in [-0.15, -0.1) is 0 Å². The molecular formula is C13H13NO3. The lowest BCUT2D eigenvalue weighted by atomic mass is 10.2. The number of furan rings is 1. The Morgan fingerprint density at radius 1 is 1.35 bits per heavy atom. The van der Waals surface area contributed by atoms with E-state index in [1.165, 1.54) is 6.07 Å². The van der Waals surface area contributed by atoms with Gasteiger partial charge in [-0.3, -0.25) is 4.79 Å². The second-order valence-electron chi connectivity index (χ2n) is 3.74. The molecule has 0 saturated heterocycles. The van der Waals surface area contributed by atoms with Crippen molar-refractivity contribution in [1.29, 1.82) is 0 Å². The number of primary amides is 1.